The van der Waals surface area contributed by atoms with Crippen molar-refractivity contribution < 1.29 is 13.2 Å². The van der Waals surface area contributed by atoms with E-state index in [9.17, 15) is 8.42 Å². The van der Waals surface area contributed by atoms with Gasteiger partial charge in [-0.15, -0.1) is 0 Å². The van der Waals surface area contributed by atoms with Gasteiger partial charge in [0.1, 0.15) is 5.75 Å². The average molecular weight is 284 g/mol. The second kappa shape index (κ2) is 5.90. The molecule has 1 saturated heterocycles. The maximum Gasteiger partial charge on any atom is 0.243 e. The van der Waals surface area contributed by atoms with Crippen molar-refractivity contribution in [2.45, 2.75) is 11.3 Å². The summed E-state index contributed by atoms with van der Waals surface area (Å²) in [5.41, 5.74) is 0. The molecule has 0 saturated carbocycles. The lowest BCUT2D eigenvalue weighted by atomic mass is 10.1. The first-order chi connectivity index (χ1) is 9.07. The highest BCUT2D eigenvalue weighted by Crippen LogP contribution is 2.25. The Balaban J connectivity index is 2.13. The highest BCUT2D eigenvalue weighted by Gasteiger charge is 2.32. The van der Waals surface area contributed by atoms with E-state index >= 15 is 0 Å². The lowest BCUT2D eigenvalue weighted by molar-refractivity contribution is 0.414. The average Bonchev–Trinajstić information content (AvgIpc) is 2.89. The Labute approximate surface area is 114 Å². The van der Waals surface area contributed by atoms with Crippen LogP contribution in [-0.2, 0) is 10.0 Å². The van der Waals surface area contributed by atoms with Gasteiger partial charge in [0.2, 0.25) is 10.0 Å². The van der Waals surface area contributed by atoms with Gasteiger partial charge >= 0.3 is 0 Å². The fourth-order valence-corrected chi connectivity index (χ4v) is 3.90. The van der Waals surface area contributed by atoms with Gasteiger partial charge in [0, 0.05) is 13.1 Å². The van der Waals surface area contributed by atoms with Crippen LogP contribution in [-0.4, -0.2) is 46.5 Å². The summed E-state index contributed by atoms with van der Waals surface area (Å²) < 4.78 is 31.5. The van der Waals surface area contributed by atoms with Gasteiger partial charge in [-0.3, -0.25) is 0 Å². The van der Waals surface area contributed by atoms with Gasteiger partial charge in [0.05, 0.1) is 12.0 Å². The first-order valence-corrected chi connectivity index (χ1v) is 7.80. The SMILES string of the molecule is CNCC1CCN(S(=O)(=O)c2ccc(OC)cc2)C1. The van der Waals surface area contributed by atoms with Gasteiger partial charge in [-0.05, 0) is 50.2 Å². The van der Waals surface area contributed by atoms with Crippen molar-refractivity contribution in [3.8, 4) is 5.75 Å². The van der Waals surface area contributed by atoms with Crippen molar-refractivity contribution in [2.24, 2.45) is 5.92 Å². The first-order valence-electron chi connectivity index (χ1n) is 6.36. The summed E-state index contributed by atoms with van der Waals surface area (Å²) in [5.74, 6) is 1.06. The molecule has 19 heavy (non-hydrogen) atoms. The molecule has 0 spiro atoms. The maximum absolute atomic E-state index is 12.4. The molecule has 106 valence electrons. The van der Waals surface area contributed by atoms with E-state index in [0.717, 1.165) is 13.0 Å². The number of sulfonamides is 1. The molecule has 1 aliphatic heterocycles. The van der Waals surface area contributed by atoms with E-state index in [1.165, 1.54) is 0 Å². The Morgan fingerprint density at radius 1 is 1.37 bits per heavy atom. The van der Waals surface area contributed by atoms with Crippen LogP contribution in [0.5, 0.6) is 5.75 Å². The molecule has 0 amide bonds. The monoisotopic (exact) mass is 284 g/mol. The Hall–Kier alpha value is -1.11. The number of hydrogen-bond acceptors (Lipinski definition) is 4. The zero-order chi connectivity index (χ0) is 13.9. The molecule has 1 heterocycles. The van der Waals surface area contributed by atoms with E-state index in [1.54, 1.807) is 35.7 Å². The zero-order valence-corrected chi connectivity index (χ0v) is 12.1. The smallest absolute Gasteiger partial charge is 0.243 e. The summed E-state index contributed by atoms with van der Waals surface area (Å²) in [6, 6.07) is 6.54. The number of ether oxygens (including phenoxy) is 1. The molecular weight excluding hydrogens is 264 g/mol. The molecule has 0 aliphatic carbocycles. The molecule has 2 rings (SSSR count). The van der Waals surface area contributed by atoms with E-state index in [0.29, 0.717) is 29.7 Å². The predicted octanol–water partition coefficient (Wildman–Crippen LogP) is 0.925. The van der Waals surface area contributed by atoms with Crippen LogP contribution >= 0.6 is 0 Å². The first kappa shape index (κ1) is 14.3. The second-order valence-corrected chi connectivity index (χ2v) is 6.69. The molecule has 0 radical (unpaired) electrons. The van der Waals surface area contributed by atoms with Gasteiger partial charge in [-0.25, -0.2) is 8.42 Å². The van der Waals surface area contributed by atoms with Crippen molar-refractivity contribution in [2.75, 3.05) is 33.8 Å². The molecule has 1 aliphatic rings. The summed E-state index contributed by atoms with van der Waals surface area (Å²) in [4.78, 5) is 0.332. The molecule has 1 N–H and O–H groups in total. The Kier molecular flexibility index (Phi) is 4.44. The van der Waals surface area contributed by atoms with Gasteiger partial charge in [0.15, 0.2) is 0 Å². The Morgan fingerprint density at radius 3 is 2.63 bits per heavy atom. The minimum Gasteiger partial charge on any atom is -0.497 e. The van der Waals surface area contributed by atoms with Gasteiger partial charge in [-0.1, -0.05) is 0 Å². The van der Waals surface area contributed by atoms with Gasteiger partial charge < -0.3 is 10.1 Å². The number of nitrogens with zero attached hydrogens (tertiary/aromatic N) is 1. The molecule has 6 heteroatoms. The standard InChI is InChI=1S/C13H20N2O3S/c1-14-9-11-7-8-15(10-11)19(16,17)13-5-3-12(18-2)4-6-13/h3-6,11,14H,7-10H2,1-2H3. The van der Waals surface area contributed by atoms with Gasteiger partial charge in [0.25, 0.3) is 0 Å². The highest BCUT2D eigenvalue weighted by molar-refractivity contribution is 7.89. The quantitative estimate of drug-likeness (QED) is 0.874. The minimum absolute atomic E-state index is 0.332. The molecule has 1 aromatic carbocycles. The fourth-order valence-electron chi connectivity index (χ4n) is 2.37. The third-order valence-electron chi connectivity index (χ3n) is 3.44. The minimum atomic E-state index is -3.36. The highest BCUT2D eigenvalue weighted by atomic mass is 32.2. The van der Waals surface area contributed by atoms with Crippen LogP contribution in [0.1, 0.15) is 6.42 Å². The number of hydrogen-bond donors (Lipinski definition) is 1. The van der Waals surface area contributed by atoms with Crippen molar-refractivity contribution in [3.63, 3.8) is 0 Å². The summed E-state index contributed by atoms with van der Waals surface area (Å²) in [5, 5.41) is 3.10. The third-order valence-corrected chi connectivity index (χ3v) is 5.32. The van der Waals surface area contributed by atoms with E-state index in [-0.39, 0.29) is 0 Å². The van der Waals surface area contributed by atoms with Gasteiger partial charge in [-0.2, -0.15) is 4.31 Å². The number of nitrogens with one attached hydrogen (secondary N) is 1. The van der Waals surface area contributed by atoms with Crippen molar-refractivity contribution in [1.82, 2.24) is 9.62 Å². The van der Waals surface area contributed by atoms with Crippen LogP contribution in [0.15, 0.2) is 29.2 Å². The van der Waals surface area contributed by atoms with E-state index in [2.05, 4.69) is 5.32 Å². The molecule has 1 unspecified atom stereocenters. The zero-order valence-electron chi connectivity index (χ0n) is 11.3. The summed E-state index contributed by atoms with van der Waals surface area (Å²) in [7, 11) is 0.0864. The largest absolute Gasteiger partial charge is 0.497 e. The van der Waals surface area contributed by atoms with Crippen LogP contribution in [0.25, 0.3) is 0 Å². The Morgan fingerprint density at radius 2 is 2.05 bits per heavy atom. The molecular formula is C13H20N2O3S. The van der Waals surface area contributed by atoms with Crippen LogP contribution in [0.4, 0.5) is 0 Å². The summed E-state index contributed by atoms with van der Waals surface area (Å²) in [6.07, 6.45) is 0.913. The summed E-state index contributed by atoms with van der Waals surface area (Å²) >= 11 is 0. The van der Waals surface area contributed by atoms with Crippen molar-refractivity contribution in [1.29, 1.82) is 0 Å². The number of rotatable bonds is 5. The molecule has 0 bridgehead atoms. The second-order valence-electron chi connectivity index (χ2n) is 4.75. The molecule has 0 aromatic heterocycles. The maximum atomic E-state index is 12.4. The molecule has 5 nitrogen and oxygen atoms in total. The number of methoxy groups -OCH3 is 1. The predicted molar refractivity (Wildman–Crippen MR) is 73.8 cm³/mol. The lowest BCUT2D eigenvalue weighted by Crippen LogP contribution is -2.30. The van der Waals surface area contributed by atoms with Crippen LogP contribution in [0.3, 0.4) is 0 Å². The van der Waals surface area contributed by atoms with Crippen LogP contribution in [0.2, 0.25) is 0 Å². The molecule has 1 fully saturated rings. The lowest BCUT2D eigenvalue weighted by Gasteiger charge is -2.16. The van der Waals surface area contributed by atoms with E-state index in [4.69, 9.17) is 4.74 Å². The van der Waals surface area contributed by atoms with E-state index < -0.39 is 10.0 Å². The number of benzene rings is 1. The fraction of sp³-hybridized carbons (Fsp3) is 0.538. The molecule has 1 atom stereocenters. The topological polar surface area (TPSA) is 58.6 Å². The van der Waals surface area contributed by atoms with Crippen LogP contribution in [0, 0.1) is 5.92 Å². The third kappa shape index (κ3) is 3.08. The normalized spacial score (nSPS) is 20.6. The van der Waals surface area contributed by atoms with Crippen molar-refractivity contribution >= 4 is 10.0 Å². The van der Waals surface area contributed by atoms with E-state index in [1.807, 2.05) is 7.05 Å². The van der Waals surface area contributed by atoms with Crippen molar-refractivity contribution in [3.05, 3.63) is 24.3 Å². The summed E-state index contributed by atoms with van der Waals surface area (Å²) in [6.45, 7) is 2.05. The molecule has 1 aromatic rings. The Bertz CT molecular complexity index is 513. The van der Waals surface area contributed by atoms with Crippen LogP contribution < -0.4 is 10.1 Å².